The molecule has 0 bridgehead atoms. The quantitative estimate of drug-likeness (QED) is 0.416. The van der Waals surface area contributed by atoms with Crippen molar-refractivity contribution >= 4 is 21.8 Å². The zero-order valence-corrected chi connectivity index (χ0v) is 22.9. The summed E-state index contributed by atoms with van der Waals surface area (Å²) in [7, 11) is -3.71. The topological polar surface area (TPSA) is 98.8 Å². The Morgan fingerprint density at radius 1 is 0.892 bits per heavy atom. The van der Waals surface area contributed by atoms with E-state index in [1.54, 1.807) is 30.3 Å². The molecule has 202 valence electrons. The number of hydrogen-bond donors (Lipinski definition) is 2. The van der Waals surface area contributed by atoms with Crippen molar-refractivity contribution in [1.82, 2.24) is 19.8 Å². The first-order chi connectivity index (χ1) is 17.7. The Morgan fingerprint density at radius 2 is 1.49 bits per heavy atom. The number of nitrogens with zero attached hydrogens (tertiary/aromatic N) is 2. The third kappa shape index (κ3) is 8.66. The summed E-state index contributed by atoms with van der Waals surface area (Å²) in [4.78, 5) is 27.5. The van der Waals surface area contributed by atoms with Crippen LogP contribution in [0.15, 0.2) is 65.6 Å². The lowest BCUT2D eigenvalue weighted by molar-refractivity contribution is -0.127. The van der Waals surface area contributed by atoms with E-state index in [1.165, 1.54) is 4.31 Å². The van der Waals surface area contributed by atoms with Gasteiger partial charge in [-0.05, 0) is 55.5 Å². The van der Waals surface area contributed by atoms with Crippen molar-refractivity contribution in [2.45, 2.75) is 44.6 Å². The van der Waals surface area contributed by atoms with Crippen LogP contribution in [0.4, 0.5) is 0 Å². The second-order valence-electron chi connectivity index (χ2n) is 10.2. The Hall–Kier alpha value is -2.75. The number of hydrogen-bond acceptors (Lipinski definition) is 5. The molecule has 1 heterocycles. The van der Waals surface area contributed by atoms with Gasteiger partial charge >= 0.3 is 0 Å². The highest BCUT2D eigenvalue weighted by atomic mass is 32.2. The van der Waals surface area contributed by atoms with Crippen molar-refractivity contribution in [3.63, 3.8) is 0 Å². The van der Waals surface area contributed by atoms with Gasteiger partial charge in [-0.25, -0.2) is 8.42 Å². The summed E-state index contributed by atoms with van der Waals surface area (Å²) >= 11 is 0. The van der Waals surface area contributed by atoms with Gasteiger partial charge in [0.1, 0.15) is 0 Å². The number of rotatable bonds is 13. The standard InChI is InChI=1S/C28H40N4O4S/c1-22(2)19-32(37(35,36)25-14-8-5-9-15-25)20-23(3)28(24-12-6-4-7-13-24)30-26(33)18-29-27(34)21-31-16-10-11-17-31/h4-9,12-15,22-23,28H,10-11,16-21H2,1-3H3,(H,29,34)(H,30,33)/t23-,28-/m1/s1. The van der Waals surface area contributed by atoms with Gasteiger partial charge in [-0.1, -0.05) is 69.3 Å². The van der Waals surface area contributed by atoms with Gasteiger partial charge in [-0.2, -0.15) is 4.31 Å². The molecule has 1 aliphatic heterocycles. The lowest BCUT2D eigenvalue weighted by Gasteiger charge is -2.32. The van der Waals surface area contributed by atoms with Gasteiger partial charge in [0.2, 0.25) is 21.8 Å². The van der Waals surface area contributed by atoms with E-state index in [2.05, 4.69) is 15.5 Å². The zero-order valence-electron chi connectivity index (χ0n) is 22.1. The minimum Gasteiger partial charge on any atom is -0.347 e. The molecule has 2 atom stereocenters. The fraction of sp³-hybridized carbons (Fsp3) is 0.500. The second-order valence-corrected chi connectivity index (χ2v) is 12.2. The Kier molecular flexibility index (Phi) is 10.7. The molecular formula is C28H40N4O4S. The summed E-state index contributed by atoms with van der Waals surface area (Å²) in [6.45, 7) is 8.50. The molecule has 0 saturated carbocycles. The molecule has 8 nitrogen and oxygen atoms in total. The molecule has 1 fully saturated rings. The van der Waals surface area contributed by atoms with Gasteiger partial charge in [0.15, 0.2) is 0 Å². The van der Waals surface area contributed by atoms with E-state index in [1.807, 2.05) is 51.1 Å². The zero-order chi connectivity index (χ0) is 26.8. The van der Waals surface area contributed by atoms with E-state index in [4.69, 9.17) is 0 Å². The van der Waals surface area contributed by atoms with Crippen molar-refractivity contribution in [3.8, 4) is 0 Å². The molecule has 2 aromatic carbocycles. The maximum atomic E-state index is 13.5. The smallest absolute Gasteiger partial charge is 0.243 e. The first-order valence-corrected chi connectivity index (χ1v) is 14.5. The van der Waals surface area contributed by atoms with Crippen LogP contribution in [0.5, 0.6) is 0 Å². The van der Waals surface area contributed by atoms with Crippen molar-refractivity contribution in [2.24, 2.45) is 11.8 Å². The molecule has 2 N–H and O–H groups in total. The molecule has 0 radical (unpaired) electrons. The fourth-order valence-corrected chi connectivity index (χ4v) is 6.39. The molecule has 1 saturated heterocycles. The van der Waals surface area contributed by atoms with Gasteiger partial charge in [0, 0.05) is 13.1 Å². The first kappa shape index (κ1) is 28.8. The molecule has 3 rings (SSSR count). The van der Waals surface area contributed by atoms with Crippen molar-refractivity contribution in [3.05, 3.63) is 66.2 Å². The minimum atomic E-state index is -3.71. The van der Waals surface area contributed by atoms with E-state index in [-0.39, 0.29) is 41.6 Å². The second kappa shape index (κ2) is 13.7. The van der Waals surface area contributed by atoms with Crippen LogP contribution in [0.3, 0.4) is 0 Å². The predicted octanol–water partition coefficient (Wildman–Crippen LogP) is 3.04. The number of likely N-dealkylation sites (tertiary alicyclic amines) is 1. The minimum absolute atomic E-state index is 0.124. The molecule has 0 aromatic heterocycles. The van der Waals surface area contributed by atoms with Gasteiger partial charge in [-0.15, -0.1) is 0 Å². The fourth-order valence-electron chi connectivity index (χ4n) is 4.66. The summed E-state index contributed by atoms with van der Waals surface area (Å²) in [5.41, 5.74) is 0.883. The Bertz CT molecular complexity index is 1100. The van der Waals surface area contributed by atoms with E-state index in [9.17, 15) is 18.0 Å². The van der Waals surface area contributed by atoms with Crippen molar-refractivity contribution < 1.29 is 18.0 Å². The van der Waals surface area contributed by atoms with Crippen LogP contribution in [0.25, 0.3) is 0 Å². The molecule has 0 unspecified atom stereocenters. The average molecular weight is 529 g/mol. The lowest BCUT2D eigenvalue weighted by Crippen LogP contribution is -2.45. The highest BCUT2D eigenvalue weighted by Gasteiger charge is 2.30. The van der Waals surface area contributed by atoms with Crippen LogP contribution in [-0.2, 0) is 19.6 Å². The number of carbonyl (C=O) groups is 2. The molecular weight excluding hydrogens is 488 g/mol. The van der Waals surface area contributed by atoms with Gasteiger partial charge in [0.05, 0.1) is 24.0 Å². The first-order valence-electron chi connectivity index (χ1n) is 13.1. The number of carbonyl (C=O) groups excluding carboxylic acids is 2. The summed E-state index contributed by atoms with van der Waals surface area (Å²) < 4.78 is 28.5. The van der Waals surface area contributed by atoms with Crippen LogP contribution in [0.1, 0.15) is 45.2 Å². The van der Waals surface area contributed by atoms with Gasteiger partial charge in [0.25, 0.3) is 0 Å². The molecule has 37 heavy (non-hydrogen) atoms. The monoisotopic (exact) mass is 528 g/mol. The van der Waals surface area contributed by atoms with Crippen LogP contribution >= 0.6 is 0 Å². The Balaban J connectivity index is 1.72. The summed E-state index contributed by atoms with van der Waals surface area (Å²) in [6.07, 6.45) is 2.19. The van der Waals surface area contributed by atoms with Crippen LogP contribution in [-0.4, -0.2) is 68.7 Å². The maximum Gasteiger partial charge on any atom is 0.243 e. The number of sulfonamides is 1. The average Bonchev–Trinajstić information content (AvgIpc) is 3.39. The lowest BCUT2D eigenvalue weighted by atomic mass is 9.94. The predicted molar refractivity (Wildman–Crippen MR) is 145 cm³/mol. The van der Waals surface area contributed by atoms with E-state index >= 15 is 0 Å². The third-order valence-electron chi connectivity index (χ3n) is 6.50. The number of nitrogens with one attached hydrogen (secondary N) is 2. The summed E-state index contributed by atoms with van der Waals surface area (Å²) in [6, 6.07) is 17.5. The molecule has 0 spiro atoms. The summed E-state index contributed by atoms with van der Waals surface area (Å²) in [5.74, 6) is -0.583. The third-order valence-corrected chi connectivity index (χ3v) is 8.34. The van der Waals surface area contributed by atoms with Crippen LogP contribution in [0, 0.1) is 11.8 Å². The largest absolute Gasteiger partial charge is 0.347 e. The number of benzene rings is 2. The Labute approximate surface area is 221 Å². The SMILES string of the molecule is CC(C)CN(C[C@@H](C)[C@@H](NC(=O)CNC(=O)CN1CCCC1)c1ccccc1)S(=O)(=O)c1ccccc1. The maximum absolute atomic E-state index is 13.5. The van der Waals surface area contributed by atoms with Crippen molar-refractivity contribution in [1.29, 1.82) is 0 Å². The van der Waals surface area contributed by atoms with Crippen molar-refractivity contribution in [2.75, 3.05) is 39.3 Å². The Morgan fingerprint density at radius 3 is 2.08 bits per heavy atom. The van der Waals surface area contributed by atoms with Gasteiger partial charge in [-0.3, -0.25) is 14.5 Å². The molecule has 1 aliphatic rings. The van der Waals surface area contributed by atoms with E-state index < -0.39 is 16.1 Å². The van der Waals surface area contributed by atoms with Crippen LogP contribution < -0.4 is 10.6 Å². The molecule has 2 aromatic rings. The number of amides is 2. The summed E-state index contributed by atoms with van der Waals surface area (Å²) in [5, 5.41) is 5.76. The van der Waals surface area contributed by atoms with Gasteiger partial charge < -0.3 is 10.6 Å². The highest BCUT2D eigenvalue weighted by Crippen LogP contribution is 2.26. The van der Waals surface area contributed by atoms with E-state index in [0.717, 1.165) is 31.5 Å². The van der Waals surface area contributed by atoms with E-state index in [0.29, 0.717) is 13.1 Å². The molecule has 9 heteroatoms. The molecule has 0 aliphatic carbocycles. The van der Waals surface area contributed by atoms with Crippen LogP contribution in [0.2, 0.25) is 0 Å². The highest BCUT2D eigenvalue weighted by molar-refractivity contribution is 7.89. The molecule has 2 amide bonds. The normalized spacial score (nSPS) is 16.0.